The monoisotopic (exact) mass is 921 g/mol. The molecular weight excluding hydrogens is 866 g/mol. The molecule has 0 aromatic heterocycles. The van der Waals surface area contributed by atoms with Crippen molar-refractivity contribution in [3.63, 3.8) is 0 Å². The minimum Gasteiger partial charge on any atom is -0.489 e. The number of carbonyl (C=O) groups excluding carboxylic acids is 6. The van der Waals surface area contributed by atoms with E-state index in [1.165, 1.54) is 0 Å². The van der Waals surface area contributed by atoms with Crippen molar-refractivity contribution in [2.24, 2.45) is 16.7 Å². The highest BCUT2D eigenvalue weighted by Crippen LogP contribution is 2.55. The van der Waals surface area contributed by atoms with Gasteiger partial charge in [0.25, 0.3) is 23.6 Å². The third-order valence-corrected chi connectivity index (χ3v) is 14.4. The van der Waals surface area contributed by atoms with Gasteiger partial charge >= 0.3 is 6.16 Å². The van der Waals surface area contributed by atoms with Crippen molar-refractivity contribution in [1.29, 1.82) is 5.26 Å². The number of ether oxygens (including phenoxy) is 3. The summed E-state index contributed by atoms with van der Waals surface area (Å²) >= 11 is 6.26. The highest BCUT2D eigenvalue weighted by Gasteiger charge is 2.64. The normalized spacial score (nSPS) is 23.0. The van der Waals surface area contributed by atoms with Gasteiger partial charge in [0.05, 0.1) is 28.3 Å². The summed E-state index contributed by atoms with van der Waals surface area (Å²) in [6, 6.07) is 18.8. The summed E-state index contributed by atoms with van der Waals surface area (Å²) in [5.41, 5.74) is 2.61. The van der Waals surface area contributed by atoms with Crippen LogP contribution in [0.25, 0.3) is 0 Å². The van der Waals surface area contributed by atoms with Gasteiger partial charge in [0.15, 0.2) is 6.73 Å². The summed E-state index contributed by atoms with van der Waals surface area (Å²) < 4.78 is 16.0. The van der Waals surface area contributed by atoms with E-state index in [0.29, 0.717) is 27.8 Å². The number of hydrogen-bond donors (Lipinski definition) is 1. The summed E-state index contributed by atoms with van der Waals surface area (Å²) in [5, 5.41) is 12.9. The number of amides is 5. The summed E-state index contributed by atoms with van der Waals surface area (Å²) in [6.45, 7) is 15.4. The molecular formula is C49H56ClN7O9. The molecule has 1 aliphatic carbocycles. The van der Waals surface area contributed by atoms with Crippen LogP contribution in [-0.4, -0.2) is 128 Å². The Labute approximate surface area is 389 Å². The number of imide groups is 2. The molecule has 3 aromatic carbocycles. The lowest BCUT2D eigenvalue weighted by atomic mass is 9.49. The van der Waals surface area contributed by atoms with E-state index in [1.54, 1.807) is 37.3 Å². The Hall–Kier alpha value is -6.18. The number of nitrogens with zero attached hydrogens (tertiary/aromatic N) is 6. The van der Waals surface area contributed by atoms with Crippen LogP contribution in [0.1, 0.15) is 96.9 Å². The first-order chi connectivity index (χ1) is 31.5. The Morgan fingerprint density at radius 3 is 2.11 bits per heavy atom. The zero-order valence-electron chi connectivity index (χ0n) is 38.0. The molecule has 348 valence electrons. The molecule has 3 saturated heterocycles. The second kappa shape index (κ2) is 18.6. The molecule has 4 fully saturated rings. The lowest BCUT2D eigenvalue weighted by Crippen LogP contribution is -2.74. The van der Waals surface area contributed by atoms with Crippen LogP contribution in [0.2, 0.25) is 5.02 Å². The molecule has 8 rings (SSSR count). The highest BCUT2D eigenvalue weighted by molar-refractivity contribution is 6.31. The Kier molecular flexibility index (Phi) is 13.1. The lowest BCUT2D eigenvalue weighted by molar-refractivity contribution is -0.164. The topological polar surface area (TPSA) is 182 Å². The zero-order chi connectivity index (χ0) is 47.1. The number of piperazine rings is 1. The van der Waals surface area contributed by atoms with Crippen molar-refractivity contribution in [3.8, 4) is 11.8 Å². The average Bonchev–Trinajstić information content (AvgIpc) is 3.55. The fraction of sp³-hybridized carbons (Fsp3) is 0.490. The van der Waals surface area contributed by atoms with E-state index in [4.69, 9.17) is 25.8 Å². The number of carbonyl (C=O) groups is 6. The highest BCUT2D eigenvalue weighted by atomic mass is 35.5. The molecule has 0 bridgehead atoms. The molecule has 1 saturated carbocycles. The van der Waals surface area contributed by atoms with Crippen molar-refractivity contribution in [2.45, 2.75) is 78.5 Å². The van der Waals surface area contributed by atoms with E-state index >= 15 is 0 Å². The van der Waals surface area contributed by atoms with Crippen molar-refractivity contribution in [3.05, 3.63) is 87.9 Å². The van der Waals surface area contributed by atoms with Gasteiger partial charge in [-0.1, -0.05) is 39.3 Å². The van der Waals surface area contributed by atoms with Gasteiger partial charge in [-0.2, -0.15) is 5.26 Å². The first-order valence-corrected chi connectivity index (χ1v) is 23.0. The predicted octanol–water partition coefficient (Wildman–Crippen LogP) is 6.11. The van der Waals surface area contributed by atoms with Crippen LogP contribution >= 0.6 is 11.6 Å². The number of nitriles is 1. The second-order valence-corrected chi connectivity index (χ2v) is 19.4. The third-order valence-electron chi connectivity index (χ3n) is 14.1. The van der Waals surface area contributed by atoms with Crippen molar-refractivity contribution in [2.75, 3.05) is 69.0 Å². The van der Waals surface area contributed by atoms with E-state index in [9.17, 15) is 34.0 Å². The number of rotatable bonds is 12. The molecule has 3 aromatic rings. The number of nitrogens with one attached hydrogen (secondary N) is 1. The lowest BCUT2D eigenvalue weighted by Gasteiger charge is -2.63. The molecule has 4 heterocycles. The maximum Gasteiger partial charge on any atom is 0.510 e. The number of likely N-dealkylation sites (tertiary alicyclic amines) is 1. The van der Waals surface area contributed by atoms with E-state index in [0.717, 1.165) is 79.8 Å². The van der Waals surface area contributed by atoms with Crippen molar-refractivity contribution >= 4 is 58.7 Å². The fourth-order valence-corrected chi connectivity index (χ4v) is 11.0. The second-order valence-electron chi connectivity index (χ2n) is 18.9. The molecule has 1 N–H and O–H groups in total. The Balaban J connectivity index is 0.786. The standard InChI is InChI=1S/C49H56ClN7O9/c1-6-64-47(63)65-29-56-40(58)16-15-39(44(56)62)57-42(60)36-14-12-34(25-37(36)43(57)61)55-23-21-53(22-24-55)28-30-17-19-54(20-18-30)33-10-7-31(8-11-33)41(59)52-45-48(2,3)46(49(45,4)5)66-35-13-9-32(27-51)38(50)26-35/h7-14,25-26,30,39,45-46H,6,15-24,28-29H2,1-5H3,(H,52,59). The summed E-state index contributed by atoms with van der Waals surface area (Å²) in [6.07, 6.45) is 0.767. The Morgan fingerprint density at radius 1 is 0.803 bits per heavy atom. The largest absolute Gasteiger partial charge is 0.510 e. The van der Waals surface area contributed by atoms with E-state index in [-0.39, 0.29) is 59.5 Å². The molecule has 1 unspecified atom stereocenters. The average molecular weight is 922 g/mol. The van der Waals surface area contributed by atoms with Gasteiger partial charge in [-0.3, -0.25) is 33.8 Å². The van der Waals surface area contributed by atoms with Crippen LogP contribution < -0.4 is 19.9 Å². The molecule has 16 nitrogen and oxygen atoms in total. The smallest absolute Gasteiger partial charge is 0.489 e. The summed E-state index contributed by atoms with van der Waals surface area (Å²) in [7, 11) is 0. The van der Waals surface area contributed by atoms with Crippen LogP contribution in [0.15, 0.2) is 60.7 Å². The number of halogens is 1. The number of hydrogen-bond acceptors (Lipinski definition) is 13. The first kappa shape index (κ1) is 46.4. The van der Waals surface area contributed by atoms with E-state index in [1.807, 2.05) is 30.3 Å². The number of benzene rings is 3. The van der Waals surface area contributed by atoms with Crippen LogP contribution in [0.5, 0.6) is 5.75 Å². The zero-order valence-corrected chi connectivity index (χ0v) is 38.8. The predicted molar refractivity (Wildman–Crippen MR) is 244 cm³/mol. The van der Waals surface area contributed by atoms with Crippen LogP contribution in [0.4, 0.5) is 16.2 Å². The minimum atomic E-state index is -1.20. The van der Waals surface area contributed by atoms with Crippen LogP contribution in [0, 0.1) is 28.1 Å². The molecule has 0 radical (unpaired) electrons. The molecule has 0 spiro atoms. The fourth-order valence-electron chi connectivity index (χ4n) is 10.8. The van der Waals surface area contributed by atoms with E-state index in [2.05, 4.69) is 53.8 Å². The van der Waals surface area contributed by atoms with E-state index < -0.39 is 42.6 Å². The third kappa shape index (κ3) is 8.90. The van der Waals surface area contributed by atoms with Gasteiger partial charge < -0.3 is 29.3 Å². The van der Waals surface area contributed by atoms with Crippen LogP contribution in [0.3, 0.4) is 0 Å². The maximum absolute atomic E-state index is 13.7. The quantitative estimate of drug-likeness (QED) is 0.163. The minimum absolute atomic E-state index is 0.0155. The Morgan fingerprint density at radius 2 is 1.45 bits per heavy atom. The van der Waals surface area contributed by atoms with Gasteiger partial charge in [0, 0.05) is 92.1 Å². The number of piperidine rings is 2. The van der Waals surface area contributed by atoms with Gasteiger partial charge in [-0.05, 0) is 86.7 Å². The first-order valence-electron chi connectivity index (χ1n) is 22.7. The van der Waals surface area contributed by atoms with Crippen molar-refractivity contribution in [1.82, 2.24) is 20.0 Å². The van der Waals surface area contributed by atoms with Gasteiger partial charge in [-0.15, -0.1) is 0 Å². The maximum atomic E-state index is 13.7. The number of fused-ring (bicyclic) bond motifs is 1. The molecule has 17 heteroatoms. The SMILES string of the molecule is CCOC(=O)OCN1C(=O)CCC(N2C(=O)c3ccc(N4CCN(CC5CCN(c6ccc(C(=O)NC7C(C)(C)C(Oc8ccc(C#N)c(Cl)c8)C7(C)C)cc6)CC5)CC4)cc3C2=O)C1=O. The number of anilines is 2. The van der Waals surface area contributed by atoms with Gasteiger partial charge in [0.1, 0.15) is 24.0 Å². The molecule has 66 heavy (non-hydrogen) atoms. The van der Waals surface area contributed by atoms with Crippen molar-refractivity contribution < 1.29 is 43.0 Å². The molecule has 5 amide bonds. The Bertz CT molecular complexity index is 2440. The molecule has 1 atom stereocenters. The van der Waals surface area contributed by atoms with Gasteiger partial charge in [-0.25, -0.2) is 9.69 Å². The summed E-state index contributed by atoms with van der Waals surface area (Å²) in [5.74, 6) is -1.51. The van der Waals surface area contributed by atoms with Crippen LogP contribution in [-0.2, 0) is 19.1 Å². The molecule has 5 aliphatic rings. The summed E-state index contributed by atoms with van der Waals surface area (Å²) in [4.78, 5) is 87.1. The van der Waals surface area contributed by atoms with Gasteiger partial charge in [0.2, 0.25) is 5.91 Å². The molecule has 4 aliphatic heterocycles.